The van der Waals surface area contributed by atoms with E-state index in [1.54, 1.807) is 0 Å². The van der Waals surface area contributed by atoms with Crippen molar-refractivity contribution in [3.8, 4) is 0 Å². The van der Waals surface area contributed by atoms with E-state index in [1.165, 1.54) is 199 Å². The highest BCUT2D eigenvalue weighted by Crippen LogP contribution is 2.45. The summed E-state index contributed by atoms with van der Waals surface area (Å²) < 4.78 is 0. The Morgan fingerprint density at radius 1 is 0.255 bits per heavy atom. The first-order chi connectivity index (χ1) is 27.1. The Balaban J connectivity index is 0.000000285. The molecule has 0 N–H and O–H groups in total. The maximum atomic E-state index is 11.7. The Morgan fingerprint density at radius 2 is 0.455 bits per heavy atom. The van der Waals surface area contributed by atoms with Crippen LogP contribution in [0.4, 0.5) is 0 Å². The minimum atomic E-state index is 0.501. The standard InChI is InChI=1S/C18H32O.2C17H30O/c19-18-13-9-5-1-3-7-11-16-15-17(16)12-8-4-2-6-10-14-18;2*18-17-15-13-11-9-7-5-3-1-2-4-6-8-10-12-14-16-17/h16-17H,1-15H2;2*1-2H,3-16H2/b;2-1+;2-1-. The van der Waals surface area contributed by atoms with Crippen molar-refractivity contribution in [2.24, 2.45) is 11.8 Å². The number of ketones is 3. The van der Waals surface area contributed by atoms with Gasteiger partial charge in [-0.25, -0.2) is 0 Å². The number of rotatable bonds is 0. The number of hydrogen-bond acceptors (Lipinski definition) is 3. The first-order valence-corrected chi connectivity index (χ1v) is 25.0. The first kappa shape index (κ1) is 49.6. The van der Waals surface area contributed by atoms with Crippen LogP contribution in [0, 0.1) is 11.8 Å². The van der Waals surface area contributed by atoms with E-state index in [2.05, 4.69) is 24.3 Å². The van der Waals surface area contributed by atoms with Crippen molar-refractivity contribution in [3.63, 3.8) is 0 Å². The molecule has 2 unspecified atom stereocenters. The second kappa shape index (κ2) is 38.0. The van der Waals surface area contributed by atoms with Crippen LogP contribution in [-0.2, 0) is 14.4 Å². The van der Waals surface area contributed by atoms with Gasteiger partial charge in [0.15, 0.2) is 0 Å². The highest BCUT2D eigenvalue weighted by atomic mass is 16.1. The molecule has 2 atom stereocenters. The third-order valence-electron chi connectivity index (χ3n) is 12.8. The van der Waals surface area contributed by atoms with Crippen LogP contribution in [0.5, 0.6) is 0 Å². The van der Waals surface area contributed by atoms with Gasteiger partial charge in [0.2, 0.25) is 0 Å². The van der Waals surface area contributed by atoms with Crippen LogP contribution < -0.4 is 0 Å². The van der Waals surface area contributed by atoms with Crippen LogP contribution in [0.1, 0.15) is 276 Å². The normalized spacial score (nSPS) is 27.1. The van der Waals surface area contributed by atoms with E-state index in [4.69, 9.17) is 0 Å². The summed E-state index contributed by atoms with van der Waals surface area (Å²) in [4.78, 5) is 34.9. The number of hydrogen-bond donors (Lipinski definition) is 0. The molecular formula is C52H92O3. The summed E-state index contributed by atoms with van der Waals surface area (Å²) in [7, 11) is 0. The molecule has 0 aromatic heterocycles. The number of allylic oxidation sites excluding steroid dienone is 4. The van der Waals surface area contributed by atoms with E-state index in [9.17, 15) is 14.4 Å². The van der Waals surface area contributed by atoms with Gasteiger partial charge in [-0.3, -0.25) is 14.4 Å². The average Bonchev–Trinajstić information content (AvgIpc) is 3.93. The molecule has 2 fully saturated rings. The lowest BCUT2D eigenvalue weighted by Crippen LogP contribution is -1.97. The molecule has 4 rings (SSSR count). The fraction of sp³-hybridized carbons (Fsp3) is 0.865. The number of Topliss-reactive ketones (excluding diaryl/α,β-unsaturated/α-hetero) is 3. The van der Waals surface area contributed by atoms with Gasteiger partial charge >= 0.3 is 0 Å². The molecule has 0 saturated heterocycles. The third kappa shape index (κ3) is 34.3. The number of carbonyl (C=O) groups is 3. The molecule has 318 valence electrons. The predicted molar refractivity (Wildman–Crippen MR) is 239 cm³/mol. The topological polar surface area (TPSA) is 51.2 Å². The van der Waals surface area contributed by atoms with Crippen molar-refractivity contribution < 1.29 is 14.4 Å². The molecule has 0 amide bonds. The smallest absolute Gasteiger partial charge is 0.132 e. The summed E-state index contributed by atoms with van der Waals surface area (Å²) in [5.41, 5.74) is 0. The summed E-state index contributed by atoms with van der Waals surface area (Å²) in [5.74, 6) is 3.71. The summed E-state index contributed by atoms with van der Waals surface area (Å²) in [6, 6.07) is 0. The average molecular weight is 765 g/mol. The highest BCUT2D eigenvalue weighted by Gasteiger charge is 2.35. The summed E-state index contributed by atoms with van der Waals surface area (Å²) in [6.45, 7) is 0. The molecule has 3 heteroatoms. The Bertz CT molecular complexity index is 844. The van der Waals surface area contributed by atoms with Crippen LogP contribution >= 0.6 is 0 Å². The minimum Gasteiger partial charge on any atom is -0.300 e. The molecule has 2 saturated carbocycles. The molecule has 55 heavy (non-hydrogen) atoms. The van der Waals surface area contributed by atoms with Crippen molar-refractivity contribution in [3.05, 3.63) is 24.3 Å². The van der Waals surface area contributed by atoms with Crippen molar-refractivity contribution in [1.82, 2.24) is 0 Å². The van der Waals surface area contributed by atoms with Crippen LogP contribution in [-0.4, -0.2) is 17.3 Å². The summed E-state index contributed by atoms with van der Waals surface area (Å²) in [5, 5.41) is 0. The molecule has 0 aliphatic heterocycles. The molecule has 4 aliphatic rings. The maximum Gasteiger partial charge on any atom is 0.132 e. The monoisotopic (exact) mass is 765 g/mol. The fourth-order valence-corrected chi connectivity index (χ4v) is 8.84. The van der Waals surface area contributed by atoms with Gasteiger partial charge in [-0.1, -0.05) is 166 Å². The number of fused-ring (bicyclic) bond motifs is 1. The van der Waals surface area contributed by atoms with Crippen molar-refractivity contribution >= 4 is 17.3 Å². The van der Waals surface area contributed by atoms with Crippen LogP contribution in [0.15, 0.2) is 24.3 Å². The first-order valence-electron chi connectivity index (χ1n) is 25.0. The van der Waals surface area contributed by atoms with Gasteiger partial charge in [0.1, 0.15) is 17.3 Å². The Morgan fingerprint density at radius 3 is 0.709 bits per heavy atom. The van der Waals surface area contributed by atoms with Crippen molar-refractivity contribution in [1.29, 1.82) is 0 Å². The van der Waals surface area contributed by atoms with E-state index in [0.29, 0.717) is 17.3 Å². The lowest BCUT2D eigenvalue weighted by Gasteiger charge is -2.02. The van der Waals surface area contributed by atoms with E-state index < -0.39 is 0 Å². The Labute approximate surface area is 342 Å². The Kier molecular flexibility index (Phi) is 34.3. The Hall–Kier alpha value is -1.51. The quantitative estimate of drug-likeness (QED) is 0.231. The predicted octanol–water partition coefficient (Wildman–Crippen LogP) is 16.8. The highest BCUT2D eigenvalue weighted by molar-refractivity contribution is 5.78. The lowest BCUT2D eigenvalue weighted by molar-refractivity contribution is -0.120. The van der Waals surface area contributed by atoms with Gasteiger partial charge in [0.25, 0.3) is 0 Å². The van der Waals surface area contributed by atoms with Crippen LogP contribution in [0.2, 0.25) is 0 Å². The summed E-state index contributed by atoms with van der Waals surface area (Å²) in [6.07, 6.45) is 62.5. The van der Waals surface area contributed by atoms with Gasteiger partial charge in [0, 0.05) is 38.5 Å². The van der Waals surface area contributed by atoms with E-state index in [0.717, 1.165) is 88.9 Å². The largest absolute Gasteiger partial charge is 0.300 e. The molecule has 4 aliphatic carbocycles. The maximum absolute atomic E-state index is 11.7. The van der Waals surface area contributed by atoms with E-state index in [-0.39, 0.29) is 0 Å². The molecular weight excluding hydrogens is 673 g/mol. The summed E-state index contributed by atoms with van der Waals surface area (Å²) >= 11 is 0. The van der Waals surface area contributed by atoms with Crippen LogP contribution in [0.25, 0.3) is 0 Å². The molecule has 3 nitrogen and oxygen atoms in total. The zero-order chi connectivity index (χ0) is 39.1. The molecule has 0 aromatic carbocycles. The molecule has 0 spiro atoms. The molecule has 0 aromatic rings. The minimum absolute atomic E-state index is 0.501. The zero-order valence-corrected chi connectivity index (χ0v) is 36.6. The fourth-order valence-electron chi connectivity index (χ4n) is 8.84. The lowest BCUT2D eigenvalue weighted by atomic mass is 10.0. The molecule has 0 radical (unpaired) electrons. The molecule has 0 heterocycles. The van der Waals surface area contributed by atoms with Crippen molar-refractivity contribution in [2.45, 2.75) is 276 Å². The van der Waals surface area contributed by atoms with Gasteiger partial charge in [-0.05, 0) is 108 Å². The van der Waals surface area contributed by atoms with Crippen molar-refractivity contribution in [2.75, 3.05) is 0 Å². The second-order valence-electron chi connectivity index (χ2n) is 18.2. The number of carbonyl (C=O) groups excluding carboxylic acids is 3. The van der Waals surface area contributed by atoms with Crippen LogP contribution in [0.3, 0.4) is 0 Å². The van der Waals surface area contributed by atoms with Gasteiger partial charge in [-0.15, -0.1) is 0 Å². The van der Waals surface area contributed by atoms with Gasteiger partial charge in [-0.2, -0.15) is 0 Å². The SMILES string of the molecule is O=C1CCCCCCC/C=C/CCCCCCC1.O=C1CCCCCCC/C=C\CCCCCCC1.O=C1CCCCCCCC2CC2CCCCCCC1. The van der Waals surface area contributed by atoms with Gasteiger partial charge in [0.05, 0.1) is 0 Å². The molecule has 0 bridgehead atoms. The zero-order valence-electron chi connectivity index (χ0n) is 36.6. The second-order valence-corrected chi connectivity index (χ2v) is 18.2. The van der Waals surface area contributed by atoms with E-state index >= 15 is 0 Å². The third-order valence-corrected chi connectivity index (χ3v) is 12.8. The van der Waals surface area contributed by atoms with E-state index in [1.807, 2.05) is 0 Å². The van der Waals surface area contributed by atoms with Gasteiger partial charge < -0.3 is 0 Å².